The predicted octanol–water partition coefficient (Wildman–Crippen LogP) is 4.46. The summed E-state index contributed by atoms with van der Waals surface area (Å²) in [5, 5.41) is 0. The number of hydrogen-bond acceptors (Lipinski definition) is 2. The van der Waals surface area contributed by atoms with E-state index in [9.17, 15) is 4.79 Å². The van der Waals surface area contributed by atoms with E-state index in [1.807, 2.05) is 19.1 Å². The molecular weight excluding hydrogens is 236 g/mol. The van der Waals surface area contributed by atoms with Gasteiger partial charge in [0.2, 0.25) is 0 Å². The van der Waals surface area contributed by atoms with Crippen molar-refractivity contribution in [3.8, 4) is 0 Å². The van der Waals surface area contributed by atoms with Crippen LogP contribution < -0.4 is 0 Å². The summed E-state index contributed by atoms with van der Waals surface area (Å²) >= 11 is 0. The molecule has 0 saturated heterocycles. The highest BCUT2D eigenvalue weighted by Gasteiger charge is 2.29. The third-order valence-corrected chi connectivity index (χ3v) is 3.12. The van der Waals surface area contributed by atoms with Crippen LogP contribution in [0.5, 0.6) is 0 Å². The average Bonchev–Trinajstić information content (AvgIpc) is 2.26. The lowest BCUT2D eigenvalue weighted by atomic mass is 9.73. The quantitative estimate of drug-likeness (QED) is 0.736. The highest BCUT2D eigenvalue weighted by Crippen LogP contribution is 2.36. The van der Waals surface area contributed by atoms with Gasteiger partial charge in [-0.25, -0.2) is 4.79 Å². The number of benzene rings is 1. The van der Waals surface area contributed by atoms with Crippen LogP contribution in [0.25, 0.3) is 0 Å². The molecule has 0 heterocycles. The Morgan fingerprint density at radius 3 is 2.05 bits per heavy atom. The fourth-order valence-electron chi connectivity index (χ4n) is 2.36. The third kappa shape index (κ3) is 3.59. The summed E-state index contributed by atoms with van der Waals surface area (Å²) in [4.78, 5) is 12.2. The van der Waals surface area contributed by atoms with Crippen molar-refractivity contribution in [1.29, 1.82) is 0 Å². The number of hydrogen-bond donors (Lipinski definition) is 0. The Balaban J connectivity index is 3.53. The topological polar surface area (TPSA) is 26.3 Å². The molecule has 0 aliphatic rings. The molecule has 0 radical (unpaired) electrons. The molecule has 1 aromatic rings. The van der Waals surface area contributed by atoms with Gasteiger partial charge >= 0.3 is 5.97 Å². The Bertz CT molecular complexity index is 459. The minimum atomic E-state index is -0.224. The Hall–Kier alpha value is -1.31. The average molecular weight is 262 g/mol. The second-order valence-electron chi connectivity index (χ2n) is 6.95. The maximum Gasteiger partial charge on any atom is 0.338 e. The highest BCUT2D eigenvalue weighted by atomic mass is 16.5. The van der Waals surface area contributed by atoms with E-state index in [1.165, 1.54) is 5.56 Å². The molecular formula is C17H26O2. The van der Waals surface area contributed by atoms with Crippen molar-refractivity contribution in [3.63, 3.8) is 0 Å². The molecule has 0 aliphatic heterocycles. The van der Waals surface area contributed by atoms with Gasteiger partial charge in [0.05, 0.1) is 12.2 Å². The first-order chi connectivity index (χ1) is 8.59. The molecule has 1 aromatic carbocycles. The van der Waals surface area contributed by atoms with Crippen LogP contribution in [-0.4, -0.2) is 12.6 Å². The van der Waals surface area contributed by atoms with E-state index in [0.717, 1.165) is 5.56 Å². The molecule has 106 valence electrons. The molecule has 0 aromatic heterocycles. The van der Waals surface area contributed by atoms with Crippen LogP contribution in [0.4, 0.5) is 0 Å². The fourth-order valence-corrected chi connectivity index (χ4v) is 2.36. The summed E-state index contributed by atoms with van der Waals surface area (Å²) in [5.74, 6) is -0.224. The standard InChI is InChI=1S/C17H26O2/c1-8-19-15(18)12-10-9-11-13(16(2,3)4)14(12)17(5,6)7/h9-11H,8H2,1-7H3. The maximum absolute atomic E-state index is 12.2. The first-order valence-corrected chi connectivity index (χ1v) is 6.90. The van der Waals surface area contributed by atoms with Gasteiger partial charge in [-0.2, -0.15) is 0 Å². The molecule has 1 rings (SSSR count). The van der Waals surface area contributed by atoms with Crippen LogP contribution in [0, 0.1) is 0 Å². The fraction of sp³-hybridized carbons (Fsp3) is 0.588. The SMILES string of the molecule is CCOC(=O)c1cccc(C(C)(C)C)c1C(C)(C)C. The van der Waals surface area contributed by atoms with Crippen LogP contribution >= 0.6 is 0 Å². The zero-order valence-corrected chi connectivity index (χ0v) is 13.3. The van der Waals surface area contributed by atoms with Gasteiger partial charge in [0, 0.05) is 0 Å². The summed E-state index contributed by atoms with van der Waals surface area (Å²) in [6.07, 6.45) is 0. The van der Waals surface area contributed by atoms with Gasteiger partial charge < -0.3 is 4.74 Å². The molecule has 0 spiro atoms. The number of rotatable bonds is 2. The smallest absolute Gasteiger partial charge is 0.338 e. The molecule has 0 atom stereocenters. The van der Waals surface area contributed by atoms with Gasteiger partial charge in [-0.3, -0.25) is 0 Å². The van der Waals surface area contributed by atoms with E-state index in [1.54, 1.807) is 0 Å². The van der Waals surface area contributed by atoms with E-state index in [2.05, 4.69) is 47.6 Å². The molecule has 0 N–H and O–H groups in total. The highest BCUT2D eigenvalue weighted by molar-refractivity contribution is 5.92. The summed E-state index contributed by atoms with van der Waals surface area (Å²) in [6.45, 7) is 15.2. The van der Waals surface area contributed by atoms with Crippen LogP contribution in [0.1, 0.15) is 70.0 Å². The zero-order valence-electron chi connectivity index (χ0n) is 13.3. The minimum absolute atomic E-state index is 0.00508. The van der Waals surface area contributed by atoms with Crippen molar-refractivity contribution >= 4 is 5.97 Å². The summed E-state index contributed by atoms with van der Waals surface area (Å²) in [5.41, 5.74) is 2.92. The molecule has 2 nitrogen and oxygen atoms in total. The first kappa shape index (κ1) is 15.7. The van der Waals surface area contributed by atoms with E-state index >= 15 is 0 Å². The maximum atomic E-state index is 12.2. The molecule has 0 unspecified atom stereocenters. The van der Waals surface area contributed by atoms with E-state index in [-0.39, 0.29) is 16.8 Å². The van der Waals surface area contributed by atoms with Crippen LogP contribution in [0.3, 0.4) is 0 Å². The van der Waals surface area contributed by atoms with Crippen molar-refractivity contribution in [2.45, 2.75) is 59.3 Å². The van der Waals surface area contributed by atoms with Crippen LogP contribution in [0.2, 0.25) is 0 Å². The Morgan fingerprint density at radius 1 is 1.05 bits per heavy atom. The molecule has 0 fully saturated rings. The van der Waals surface area contributed by atoms with Crippen molar-refractivity contribution in [1.82, 2.24) is 0 Å². The molecule has 2 heteroatoms. The second kappa shape index (κ2) is 5.36. The lowest BCUT2D eigenvalue weighted by molar-refractivity contribution is 0.0523. The Morgan fingerprint density at radius 2 is 1.63 bits per heavy atom. The first-order valence-electron chi connectivity index (χ1n) is 6.90. The number of esters is 1. The van der Waals surface area contributed by atoms with Gasteiger partial charge in [0.15, 0.2) is 0 Å². The van der Waals surface area contributed by atoms with Gasteiger partial charge in [-0.05, 0) is 34.9 Å². The number of carbonyl (C=O) groups is 1. The van der Waals surface area contributed by atoms with Crippen molar-refractivity contribution in [2.24, 2.45) is 0 Å². The van der Waals surface area contributed by atoms with Gasteiger partial charge in [-0.15, -0.1) is 0 Å². The molecule has 19 heavy (non-hydrogen) atoms. The molecule has 0 amide bonds. The monoisotopic (exact) mass is 262 g/mol. The van der Waals surface area contributed by atoms with Crippen LogP contribution in [0.15, 0.2) is 18.2 Å². The van der Waals surface area contributed by atoms with Gasteiger partial charge in [0.1, 0.15) is 0 Å². The largest absolute Gasteiger partial charge is 0.462 e. The summed E-state index contributed by atoms with van der Waals surface area (Å²) in [6, 6.07) is 5.93. The summed E-state index contributed by atoms with van der Waals surface area (Å²) < 4.78 is 5.19. The molecule has 0 bridgehead atoms. The number of ether oxygens (including phenoxy) is 1. The van der Waals surface area contributed by atoms with Crippen molar-refractivity contribution < 1.29 is 9.53 Å². The zero-order chi connectivity index (χ0) is 14.8. The lowest BCUT2D eigenvalue weighted by Crippen LogP contribution is -2.25. The van der Waals surface area contributed by atoms with Crippen LogP contribution in [-0.2, 0) is 15.6 Å². The van der Waals surface area contributed by atoms with E-state index < -0.39 is 0 Å². The minimum Gasteiger partial charge on any atom is -0.462 e. The third-order valence-electron chi connectivity index (χ3n) is 3.12. The summed E-state index contributed by atoms with van der Waals surface area (Å²) in [7, 11) is 0. The predicted molar refractivity (Wildman–Crippen MR) is 79.8 cm³/mol. The Labute approximate surface area is 117 Å². The molecule has 0 saturated carbocycles. The Kier molecular flexibility index (Phi) is 4.44. The normalized spacial score (nSPS) is 12.4. The number of carbonyl (C=O) groups excluding carboxylic acids is 1. The lowest BCUT2D eigenvalue weighted by Gasteiger charge is -2.31. The van der Waals surface area contributed by atoms with E-state index in [4.69, 9.17) is 4.74 Å². The van der Waals surface area contributed by atoms with E-state index in [0.29, 0.717) is 12.2 Å². The second-order valence-corrected chi connectivity index (χ2v) is 6.95. The molecule has 0 aliphatic carbocycles. The van der Waals surface area contributed by atoms with Gasteiger partial charge in [-0.1, -0.05) is 53.7 Å². The van der Waals surface area contributed by atoms with Gasteiger partial charge in [0.25, 0.3) is 0 Å². The van der Waals surface area contributed by atoms with Crippen molar-refractivity contribution in [2.75, 3.05) is 6.61 Å². The van der Waals surface area contributed by atoms with Crippen molar-refractivity contribution in [3.05, 3.63) is 34.9 Å².